The summed E-state index contributed by atoms with van der Waals surface area (Å²) in [5.74, 6) is 0.654. The lowest BCUT2D eigenvalue weighted by atomic mass is 10.1. The molecule has 6 heterocycles. The third kappa shape index (κ3) is 10.8. The zero-order chi connectivity index (χ0) is 48.1. The zero-order valence-corrected chi connectivity index (χ0v) is 35.6. The molecule has 0 spiro atoms. The second-order valence-electron chi connectivity index (χ2n) is 12.5. The number of ether oxygens (including phenoxy) is 6. The van der Waals surface area contributed by atoms with E-state index in [-0.39, 0.29) is 72.1 Å². The van der Waals surface area contributed by atoms with Crippen LogP contribution in [0.1, 0.15) is 41.4 Å². The first-order valence-corrected chi connectivity index (χ1v) is 18.9. The van der Waals surface area contributed by atoms with Crippen molar-refractivity contribution in [3.8, 4) is 40.6 Å². The van der Waals surface area contributed by atoms with Crippen molar-refractivity contribution in [1.29, 1.82) is 0 Å². The number of hydrogen-bond donors (Lipinski definition) is 8. The molecule has 0 saturated heterocycles. The smallest absolute Gasteiger partial charge is 0.337 e. The summed E-state index contributed by atoms with van der Waals surface area (Å²) >= 11 is 4.18. The molecule has 3 aromatic heterocycles. The number of fused-ring (bicyclic) bond motifs is 5. The molecule has 26 nitrogen and oxygen atoms in total. The first-order chi connectivity index (χ1) is 31.7. The van der Waals surface area contributed by atoms with E-state index in [0.29, 0.717) is 56.7 Å². The number of Topliss-reactive ketones (excluding diaryl/α,β-unsaturated/α-hetero) is 1. The van der Waals surface area contributed by atoms with Gasteiger partial charge in [0.2, 0.25) is 38.2 Å². The van der Waals surface area contributed by atoms with E-state index in [9.17, 15) is 24.0 Å². The lowest BCUT2D eigenvalue weighted by Crippen LogP contribution is -2.25. The fraction of sp³-hybridized carbons (Fsp3) is 0.154. The fourth-order valence-corrected chi connectivity index (χ4v) is 5.59. The van der Waals surface area contributed by atoms with Crippen LogP contribution in [0.5, 0.6) is 34.5 Å². The Labute approximate surface area is 377 Å². The van der Waals surface area contributed by atoms with E-state index in [1.54, 1.807) is 31.3 Å². The van der Waals surface area contributed by atoms with E-state index >= 15 is 0 Å². The number of ketones is 1. The molecule has 13 N–H and O–H groups in total. The van der Waals surface area contributed by atoms with Gasteiger partial charge in [-0.2, -0.15) is 4.25 Å². The fourth-order valence-electron chi connectivity index (χ4n) is 5.51. The van der Waals surface area contributed by atoms with E-state index in [1.165, 1.54) is 55.6 Å². The molecule has 9 rings (SSSR count). The van der Waals surface area contributed by atoms with Crippen LogP contribution in [0.3, 0.4) is 0 Å². The Hall–Kier alpha value is -9.29. The van der Waals surface area contributed by atoms with Crippen molar-refractivity contribution in [3.63, 3.8) is 0 Å². The molecule has 66 heavy (non-hydrogen) atoms. The molecule has 0 radical (unpaired) electrons. The molecule has 0 saturated carbocycles. The number of amides is 2. The first kappa shape index (κ1) is 47.8. The van der Waals surface area contributed by atoms with Crippen LogP contribution in [0, 0.1) is 6.07 Å². The molecule has 3 aliphatic heterocycles. The number of nitrogen functional groups attached to an aromatic ring is 4. The number of carbonyl (C=O) groups is 4. The molecule has 0 fully saturated rings. The highest BCUT2D eigenvalue weighted by Gasteiger charge is 2.24. The average molecular weight is 927 g/mol. The lowest BCUT2D eigenvalue weighted by Gasteiger charge is -2.11. The van der Waals surface area contributed by atoms with Crippen LogP contribution in [-0.2, 0) is 19.9 Å². The zero-order valence-electron chi connectivity index (χ0n) is 34.8. The van der Waals surface area contributed by atoms with Crippen molar-refractivity contribution in [3.05, 3.63) is 98.0 Å². The van der Waals surface area contributed by atoms with Gasteiger partial charge in [0, 0.05) is 38.9 Å². The van der Waals surface area contributed by atoms with Crippen molar-refractivity contribution >= 4 is 76.5 Å². The molecular weight excluding hydrogens is 889 g/mol. The Morgan fingerprint density at radius 2 is 1.18 bits per heavy atom. The van der Waals surface area contributed by atoms with Gasteiger partial charge in [-0.05, 0) is 43.4 Å². The average Bonchev–Trinajstić information content (AvgIpc) is 4.13. The van der Waals surface area contributed by atoms with Crippen molar-refractivity contribution in [2.24, 2.45) is 12.8 Å². The number of hydrogen-bond acceptors (Lipinski definition) is 22. The summed E-state index contributed by atoms with van der Waals surface area (Å²) in [6, 6.07) is 11.5. The molecule has 0 atom stereocenters. The highest BCUT2D eigenvalue weighted by molar-refractivity contribution is 7.61. The number of nitrogens with two attached hydrogens (primary N) is 5. The van der Waals surface area contributed by atoms with Crippen LogP contribution in [0.25, 0.3) is 15.2 Å². The van der Waals surface area contributed by atoms with Crippen LogP contribution in [0.15, 0.2) is 66.0 Å². The monoisotopic (exact) mass is 926 g/mol. The Morgan fingerprint density at radius 1 is 0.712 bits per heavy atom. The molecule has 342 valence electrons. The number of carboxylic acids is 1. The van der Waals surface area contributed by atoms with E-state index in [0.717, 1.165) is 0 Å². The number of anilines is 5. The summed E-state index contributed by atoms with van der Waals surface area (Å²) in [6.45, 7) is 0.287. The van der Waals surface area contributed by atoms with Gasteiger partial charge in [0.05, 0.1) is 39.0 Å². The molecule has 2 amide bonds. The predicted molar refractivity (Wildman–Crippen MR) is 237 cm³/mol. The minimum absolute atomic E-state index is 0.0317. The van der Waals surface area contributed by atoms with Crippen molar-refractivity contribution < 1.29 is 52.7 Å². The Bertz CT molecular complexity index is 2930. The highest BCUT2D eigenvalue weighted by Crippen LogP contribution is 2.41. The van der Waals surface area contributed by atoms with Gasteiger partial charge < -0.3 is 67.5 Å². The van der Waals surface area contributed by atoms with Gasteiger partial charge in [0.1, 0.15) is 5.52 Å². The number of carbonyl (C=O) groups excluding carboxylic acids is 3. The summed E-state index contributed by atoms with van der Waals surface area (Å²) in [5, 5.41) is 14.1. The van der Waals surface area contributed by atoms with Crippen molar-refractivity contribution in [1.82, 2.24) is 34.8 Å². The predicted octanol–water partition coefficient (Wildman–Crippen LogP) is 0.951. The van der Waals surface area contributed by atoms with Gasteiger partial charge in [0.25, 0.3) is 17.4 Å². The number of nitrogens with one attached hydrogen (secondary N) is 2. The number of benzene rings is 3. The Morgan fingerprint density at radius 3 is 1.70 bits per heavy atom. The number of aromatic carboxylic acids is 1. The molecule has 0 bridgehead atoms. The quantitative estimate of drug-likeness (QED) is 0.0516. The maximum atomic E-state index is 12.5. The molecular formula is C39H38N14O12S. The number of aromatic nitrogens is 6. The maximum absolute atomic E-state index is 12.5. The number of rotatable bonds is 5. The van der Waals surface area contributed by atoms with Crippen molar-refractivity contribution in [2.45, 2.75) is 0 Å². The summed E-state index contributed by atoms with van der Waals surface area (Å²) in [4.78, 5) is 76.9. The maximum Gasteiger partial charge on any atom is 0.337 e. The molecule has 3 aliphatic rings. The van der Waals surface area contributed by atoms with Gasteiger partial charge in [-0.25, -0.2) is 29.7 Å². The Kier molecular flexibility index (Phi) is 15.7. The first-order valence-electron chi connectivity index (χ1n) is 18.5. The summed E-state index contributed by atoms with van der Waals surface area (Å²) < 4.78 is 35.2. The standard InChI is InChI=1S/C15H12N6O4.C9H10N2O3.C8H7NO4.C6H4N4OS.CH5N/c1-21-13(23)8-2-3-9-11(25-6-24-9)10(8)19-15(21)20-12(22)7-4-17-14(16)18-5-7;1-11-9(12)5-2-3-6-8(7(5)10)14-4-13-6;9-6-4(8(10)11)1-2-5-7(6)13-3-12-5;7-6-8-1-4(2-9-6)5(11)3-10-12;1-2/h2-5H,6H2,1H3,(H2,16,17,18)(H,19,20,22);2-3H,4,10H2,1H3,(H,11,12);1-2H,3,9H2,(H,10,11);1-2H,(H2,7,8,9);2H2,1H3. The summed E-state index contributed by atoms with van der Waals surface area (Å²) in [5.41, 5.74) is 27.7. The summed E-state index contributed by atoms with van der Waals surface area (Å²) in [6.07, 6.45) is 5.15. The topological polar surface area (TPSA) is 389 Å². The molecule has 0 aliphatic carbocycles. The molecule has 3 aromatic carbocycles. The largest absolute Gasteiger partial charge is 0.478 e. The Balaban J connectivity index is 0.000000172. The van der Waals surface area contributed by atoms with Gasteiger partial charge in [-0.3, -0.25) is 41.9 Å². The van der Waals surface area contributed by atoms with E-state index < -0.39 is 17.7 Å². The van der Waals surface area contributed by atoms with Crippen LogP contribution in [0.2, 0.25) is 0 Å². The van der Waals surface area contributed by atoms with Gasteiger partial charge in [-0.1, -0.05) is 0 Å². The van der Waals surface area contributed by atoms with Gasteiger partial charge >= 0.3 is 17.8 Å². The molecule has 27 heteroatoms. The van der Waals surface area contributed by atoms with Crippen LogP contribution >= 0.6 is 0 Å². The van der Waals surface area contributed by atoms with Gasteiger partial charge in [0.15, 0.2) is 34.5 Å². The normalized spacial score (nSPS) is 11.5. The molecule has 6 aromatic rings. The minimum atomic E-state index is -1.07. The highest BCUT2D eigenvalue weighted by atomic mass is 32.1. The van der Waals surface area contributed by atoms with E-state index in [2.05, 4.69) is 64.4 Å². The molecule has 0 unspecified atom stereocenters. The lowest BCUT2D eigenvalue weighted by molar-refractivity contribution is 0.0696. The van der Waals surface area contributed by atoms with E-state index in [1.807, 2.05) is 0 Å². The number of nitrogens with zero attached hydrogens (tertiary/aromatic N) is 7. The number of carboxylic acid groups (broad SMARTS) is 1. The summed E-state index contributed by atoms with van der Waals surface area (Å²) in [7, 11) is 4.56. The van der Waals surface area contributed by atoms with Crippen LogP contribution in [0.4, 0.5) is 29.2 Å². The minimum Gasteiger partial charge on any atom is -0.478 e. The third-order valence-corrected chi connectivity index (χ3v) is 8.77. The third-order valence-electron chi connectivity index (χ3n) is 8.68. The second-order valence-corrected chi connectivity index (χ2v) is 12.7. The van der Waals surface area contributed by atoms with Gasteiger partial charge in [-0.15, -0.1) is 0 Å². The van der Waals surface area contributed by atoms with Crippen LogP contribution < -0.4 is 73.3 Å². The van der Waals surface area contributed by atoms with E-state index in [4.69, 9.17) is 56.5 Å². The second kappa shape index (κ2) is 21.7. The van der Waals surface area contributed by atoms with Crippen LogP contribution in [-0.4, -0.2) is 92.6 Å². The van der Waals surface area contributed by atoms with Crippen molar-refractivity contribution in [2.75, 3.05) is 62.7 Å². The SMILES string of the molecule is CN.CNC(=O)c1ccc2c(c1N)OCO2.Cn1c(NC(=O)c2cnc(N)nc2)nc2c3c(ccc2c1=O)OCO3.Nc1c(C(=O)O)ccc2c1OCO2.Nc1ncc(C(=O)C#[N+][S-])cn1.